The quantitative estimate of drug-likeness (QED) is 0.679. The van der Waals surface area contributed by atoms with Crippen LogP contribution in [0.15, 0.2) is 18.6 Å². The Labute approximate surface area is 144 Å². The highest BCUT2D eigenvalue weighted by Crippen LogP contribution is 2.38. The smallest absolute Gasteiger partial charge is 0.341 e. The molecular weight excluding hydrogens is 326 g/mol. The van der Waals surface area contributed by atoms with E-state index < -0.39 is 0 Å². The van der Waals surface area contributed by atoms with Gasteiger partial charge in [0.05, 0.1) is 18.4 Å². The molecule has 24 heavy (non-hydrogen) atoms. The minimum atomic E-state index is -0.370. The first-order chi connectivity index (χ1) is 11.7. The lowest BCUT2D eigenvalue weighted by Crippen LogP contribution is -2.16. The molecule has 0 saturated heterocycles. The lowest BCUT2D eigenvalue weighted by molar-refractivity contribution is 0.0527. The second-order valence-corrected chi connectivity index (χ2v) is 6.64. The Bertz CT molecular complexity index is 743. The van der Waals surface area contributed by atoms with Crippen LogP contribution in [0.4, 0.5) is 5.00 Å². The van der Waals surface area contributed by atoms with E-state index in [-0.39, 0.29) is 17.6 Å². The van der Waals surface area contributed by atoms with Gasteiger partial charge in [-0.1, -0.05) is 6.42 Å². The molecule has 0 radical (unpaired) electrons. The van der Waals surface area contributed by atoms with E-state index in [1.54, 1.807) is 6.92 Å². The normalized spacial score (nSPS) is 13.7. The van der Waals surface area contributed by atoms with Crippen molar-refractivity contribution in [3.8, 4) is 0 Å². The number of carbonyl (C=O) groups excluding carboxylic acids is 2. The number of esters is 1. The molecule has 6 nitrogen and oxygen atoms in total. The van der Waals surface area contributed by atoms with E-state index in [1.807, 2.05) is 0 Å². The largest absolute Gasteiger partial charge is 0.462 e. The summed E-state index contributed by atoms with van der Waals surface area (Å²) in [6.45, 7) is 2.09. The number of aryl methyl sites for hydroxylation is 1. The molecule has 2 aromatic rings. The van der Waals surface area contributed by atoms with Gasteiger partial charge in [-0.15, -0.1) is 11.3 Å². The van der Waals surface area contributed by atoms with Crippen molar-refractivity contribution in [2.24, 2.45) is 0 Å². The standard InChI is InChI=1S/C17H19N3O3S/c1-2-23-17(22)14-11-6-4-3-5-7-13(11)24-16(14)20-15(21)12-10-18-8-9-19-12/h8-10H,2-7H2,1H3,(H,20,21). The van der Waals surface area contributed by atoms with Crippen LogP contribution in [0.1, 0.15) is 57.5 Å². The third kappa shape index (κ3) is 3.46. The summed E-state index contributed by atoms with van der Waals surface area (Å²) < 4.78 is 5.21. The summed E-state index contributed by atoms with van der Waals surface area (Å²) in [5, 5.41) is 3.37. The predicted molar refractivity (Wildman–Crippen MR) is 91.5 cm³/mol. The van der Waals surface area contributed by atoms with Gasteiger partial charge in [0, 0.05) is 17.3 Å². The van der Waals surface area contributed by atoms with E-state index in [9.17, 15) is 9.59 Å². The molecule has 0 atom stereocenters. The number of rotatable bonds is 4. The summed E-state index contributed by atoms with van der Waals surface area (Å²) in [6, 6.07) is 0. The Morgan fingerprint density at radius 2 is 2.08 bits per heavy atom. The number of fused-ring (bicyclic) bond motifs is 1. The van der Waals surface area contributed by atoms with Gasteiger partial charge in [0.25, 0.3) is 5.91 Å². The molecule has 0 bridgehead atoms. The zero-order chi connectivity index (χ0) is 16.9. The molecule has 0 aromatic carbocycles. The lowest BCUT2D eigenvalue weighted by atomic mass is 10.1. The number of nitrogens with zero attached hydrogens (tertiary/aromatic N) is 2. The van der Waals surface area contributed by atoms with Crippen LogP contribution in [-0.4, -0.2) is 28.5 Å². The molecule has 0 unspecified atom stereocenters. The minimum Gasteiger partial charge on any atom is -0.462 e. The van der Waals surface area contributed by atoms with E-state index in [4.69, 9.17) is 4.74 Å². The van der Waals surface area contributed by atoms with Gasteiger partial charge in [0.1, 0.15) is 10.7 Å². The van der Waals surface area contributed by atoms with Crippen LogP contribution in [0.3, 0.4) is 0 Å². The van der Waals surface area contributed by atoms with Crippen molar-refractivity contribution < 1.29 is 14.3 Å². The number of ether oxygens (including phenoxy) is 1. The van der Waals surface area contributed by atoms with Crippen molar-refractivity contribution in [2.45, 2.75) is 39.0 Å². The number of carbonyl (C=O) groups is 2. The van der Waals surface area contributed by atoms with Crippen LogP contribution in [0, 0.1) is 0 Å². The number of nitrogens with one attached hydrogen (secondary N) is 1. The van der Waals surface area contributed by atoms with Gasteiger partial charge >= 0.3 is 5.97 Å². The minimum absolute atomic E-state index is 0.218. The van der Waals surface area contributed by atoms with Gasteiger partial charge < -0.3 is 10.1 Å². The molecule has 1 N–H and O–H groups in total. The Morgan fingerprint density at radius 3 is 2.83 bits per heavy atom. The van der Waals surface area contributed by atoms with E-state index >= 15 is 0 Å². The van der Waals surface area contributed by atoms with Gasteiger partial charge in [-0.05, 0) is 38.2 Å². The van der Waals surface area contributed by atoms with E-state index in [2.05, 4.69) is 15.3 Å². The maximum Gasteiger partial charge on any atom is 0.341 e. The average Bonchev–Trinajstić information content (AvgIpc) is 2.76. The second-order valence-electron chi connectivity index (χ2n) is 5.53. The summed E-state index contributed by atoms with van der Waals surface area (Å²) in [5.41, 5.74) is 1.76. The molecule has 3 rings (SSSR count). The highest BCUT2D eigenvalue weighted by molar-refractivity contribution is 7.17. The molecule has 2 aromatic heterocycles. The van der Waals surface area contributed by atoms with Crippen molar-refractivity contribution >= 4 is 28.2 Å². The molecule has 0 aliphatic heterocycles. The van der Waals surface area contributed by atoms with Crippen LogP contribution >= 0.6 is 11.3 Å². The van der Waals surface area contributed by atoms with Crippen molar-refractivity contribution in [3.05, 3.63) is 40.3 Å². The Kier molecular flexibility index (Phi) is 5.20. The summed E-state index contributed by atoms with van der Waals surface area (Å²) in [5.74, 6) is -0.739. The fraction of sp³-hybridized carbons (Fsp3) is 0.412. The van der Waals surface area contributed by atoms with Crippen LogP contribution in [-0.2, 0) is 17.6 Å². The number of aromatic nitrogens is 2. The third-order valence-electron chi connectivity index (χ3n) is 3.92. The summed E-state index contributed by atoms with van der Waals surface area (Å²) in [4.78, 5) is 33.9. The number of hydrogen-bond acceptors (Lipinski definition) is 6. The van der Waals surface area contributed by atoms with Gasteiger partial charge in [-0.3, -0.25) is 9.78 Å². The van der Waals surface area contributed by atoms with Gasteiger partial charge in [-0.25, -0.2) is 9.78 Å². The van der Waals surface area contributed by atoms with Crippen molar-refractivity contribution in [3.63, 3.8) is 0 Å². The zero-order valence-corrected chi connectivity index (χ0v) is 14.3. The SMILES string of the molecule is CCOC(=O)c1c(NC(=O)c2cnccn2)sc2c1CCCCC2. The molecule has 7 heteroatoms. The number of hydrogen-bond donors (Lipinski definition) is 1. The lowest BCUT2D eigenvalue weighted by Gasteiger charge is -2.08. The van der Waals surface area contributed by atoms with Crippen molar-refractivity contribution in [1.82, 2.24) is 9.97 Å². The van der Waals surface area contributed by atoms with Crippen molar-refractivity contribution in [2.75, 3.05) is 11.9 Å². The molecule has 126 valence electrons. The van der Waals surface area contributed by atoms with Crippen LogP contribution in [0.25, 0.3) is 0 Å². The second kappa shape index (κ2) is 7.53. The van der Waals surface area contributed by atoms with Gasteiger partial charge in [0.15, 0.2) is 0 Å². The molecule has 0 saturated carbocycles. The van der Waals surface area contributed by atoms with Crippen LogP contribution < -0.4 is 5.32 Å². The summed E-state index contributed by atoms with van der Waals surface area (Å²) in [7, 11) is 0. The van der Waals surface area contributed by atoms with Gasteiger partial charge in [0.2, 0.25) is 0 Å². The molecule has 0 fully saturated rings. The summed E-state index contributed by atoms with van der Waals surface area (Å²) >= 11 is 1.47. The summed E-state index contributed by atoms with van der Waals surface area (Å²) in [6.07, 6.45) is 9.47. The third-order valence-corrected chi connectivity index (χ3v) is 5.13. The highest BCUT2D eigenvalue weighted by atomic mass is 32.1. The maximum absolute atomic E-state index is 12.4. The fourth-order valence-corrected chi connectivity index (χ4v) is 4.11. The maximum atomic E-state index is 12.4. The monoisotopic (exact) mass is 345 g/mol. The molecule has 1 aliphatic rings. The Hall–Kier alpha value is -2.28. The van der Waals surface area contributed by atoms with Crippen molar-refractivity contribution in [1.29, 1.82) is 0 Å². The number of anilines is 1. The number of thiophene rings is 1. The van der Waals surface area contributed by atoms with E-state index in [0.29, 0.717) is 17.2 Å². The molecule has 1 aliphatic carbocycles. The van der Waals surface area contributed by atoms with Crippen LogP contribution in [0.2, 0.25) is 0 Å². The highest BCUT2D eigenvalue weighted by Gasteiger charge is 2.27. The molecule has 1 amide bonds. The predicted octanol–water partition coefficient (Wildman–Crippen LogP) is 3.24. The molecule has 2 heterocycles. The average molecular weight is 345 g/mol. The fourth-order valence-electron chi connectivity index (χ4n) is 2.83. The molecular formula is C17H19N3O3S. The van der Waals surface area contributed by atoms with E-state index in [1.165, 1.54) is 34.8 Å². The number of amides is 1. The zero-order valence-electron chi connectivity index (χ0n) is 13.5. The van der Waals surface area contributed by atoms with Gasteiger partial charge in [-0.2, -0.15) is 0 Å². The Balaban J connectivity index is 1.94. The molecule has 0 spiro atoms. The first kappa shape index (κ1) is 16.6. The topological polar surface area (TPSA) is 81.2 Å². The first-order valence-corrected chi connectivity index (χ1v) is 8.91. The van der Waals surface area contributed by atoms with Crippen LogP contribution in [0.5, 0.6) is 0 Å². The Morgan fingerprint density at radius 1 is 1.25 bits per heavy atom. The van der Waals surface area contributed by atoms with E-state index in [0.717, 1.165) is 37.7 Å². The first-order valence-electron chi connectivity index (χ1n) is 8.09.